The second-order valence-corrected chi connectivity index (χ2v) is 9.55. The molecular weight excluding hydrogens is 464 g/mol. The molecule has 2 heterocycles. The lowest BCUT2D eigenvalue weighted by Crippen LogP contribution is -1.95. The lowest BCUT2D eigenvalue weighted by Gasteiger charge is -2.11. The van der Waals surface area contributed by atoms with Gasteiger partial charge in [0.05, 0.1) is 11.1 Å². The number of fused-ring (bicyclic) bond motifs is 6. The maximum atomic E-state index is 6.25. The van der Waals surface area contributed by atoms with Gasteiger partial charge in [-0.2, -0.15) is 4.98 Å². The molecule has 0 aliphatic heterocycles. The van der Waals surface area contributed by atoms with Crippen LogP contribution in [-0.4, -0.2) is 9.97 Å². The molecule has 0 saturated carbocycles. The van der Waals surface area contributed by atoms with Gasteiger partial charge in [0, 0.05) is 21.5 Å². The molecule has 168 valence electrons. The van der Waals surface area contributed by atoms with Crippen LogP contribution >= 0.6 is 11.6 Å². The van der Waals surface area contributed by atoms with Gasteiger partial charge in [0.25, 0.3) is 0 Å². The van der Waals surface area contributed by atoms with Crippen LogP contribution in [0.25, 0.3) is 77.7 Å². The zero-order valence-corrected chi connectivity index (χ0v) is 19.8. The Morgan fingerprint density at radius 1 is 0.528 bits per heavy atom. The van der Waals surface area contributed by atoms with E-state index in [0.29, 0.717) is 16.6 Å². The van der Waals surface area contributed by atoms with Crippen molar-refractivity contribution < 1.29 is 4.42 Å². The number of furan rings is 1. The van der Waals surface area contributed by atoms with Crippen LogP contribution in [0.3, 0.4) is 0 Å². The van der Waals surface area contributed by atoms with Gasteiger partial charge in [0.15, 0.2) is 5.82 Å². The fraction of sp³-hybridized carbons (Fsp3) is 0. The molecule has 0 fully saturated rings. The van der Waals surface area contributed by atoms with E-state index in [9.17, 15) is 0 Å². The quantitative estimate of drug-likeness (QED) is 0.247. The largest absolute Gasteiger partial charge is 0.438 e. The molecule has 36 heavy (non-hydrogen) atoms. The van der Waals surface area contributed by atoms with Gasteiger partial charge in [-0.1, -0.05) is 84.4 Å². The van der Waals surface area contributed by atoms with Crippen LogP contribution in [0.2, 0.25) is 5.02 Å². The maximum absolute atomic E-state index is 6.25. The summed E-state index contributed by atoms with van der Waals surface area (Å²) in [6.07, 6.45) is 0. The van der Waals surface area contributed by atoms with Crippen molar-refractivity contribution in [1.29, 1.82) is 0 Å². The van der Waals surface area contributed by atoms with Crippen LogP contribution in [0.5, 0.6) is 0 Å². The van der Waals surface area contributed by atoms with E-state index in [1.807, 2.05) is 42.5 Å². The van der Waals surface area contributed by atoms with Crippen molar-refractivity contribution in [1.82, 2.24) is 9.97 Å². The Kier molecular flexibility index (Phi) is 4.00. The molecule has 0 bridgehead atoms. The van der Waals surface area contributed by atoms with Gasteiger partial charge in [-0.3, -0.25) is 0 Å². The summed E-state index contributed by atoms with van der Waals surface area (Å²) < 4.78 is 6.25. The summed E-state index contributed by atoms with van der Waals surface area (Å²) >= 11 is 6.15. The number of rotatable bonds is 2. The second-order valence-electron chi connectivity index (χ2n) is 9.12. The molecule has 5 aromatic carbocycles. The highest BCUT2D eigenvalue weighted by molar-refractivity contribution is 6.30. The van der Waals surface area contributed by atoms with E-state index in [0.717, 1.165) is 33.2 Å². The fourth-order valence-corrected chi connectivity index (χ4v) is 5.69. The second kappa shape index (κ2) is 7.27. The molecule has 0 radical (unpaired) electrons. The van der Waals surface area contributed by atoms with E-state index in [4.69, 9.17) is 26.0 Å². The number of aromatic nitrogens is 2. The summed E-state index contributed by atoms with van der Waals surface area (Å²) in [5.74, 6) is 0.611. The molecule has 7 aromatic rings. The Labute approximate surface area is 211 Å². The highest BCUT2D eigenvalue weighted by Crippen LogP contribution is 2.50. The van der Waals surface area contributed by atoms with Crippen molar-refractivity contribution in [2.75, 3.05) is 0 Å². The van der Waals surface area contributed by atoms with Crippen molar-refractivity contribution in [3.63, 3.8) is 0 Å². The summed E-state index contributed by atoms with van der Waals surface area (Å²) in [6.45, 7) is 0. The SMILES string of the molecule is Clc1ccc(-c2nc(-c3ccc4c5c(cccc35)-c3ccccc3-4)c3c(n2)oc2ccccc23)cc1. The molecule has 0 unspecified atom stereocenters. The van der Waals surface area contributed by atoms with Gasteiger partial charge in [-0.25, -0.2) is 4.98 Å². The summed E-state index contributed by atoms with van der Waals surface area (Å²) in [6, 6.07) is 35.3. The van der Waals surface area contributed by atoms with Crippen LogP contribution < -0.4 is 0 Å². The Hall–Kier alpha value is -4.47. The van der Waals surface area contributed by atoms with Crippen molar-refractivity contribution in [3.05, 3.63) is 108 Å². The number of hydrogen-bond acceptors (Lipinski definition) is 3. The first-order valence-electron chi connectivity index (χ1n) is 11.9. The van der Waals surface area contributed by atoms with E-state index in [1.165, 1.54) is 33.0 Å². The molecule has 8 rings (SSSR count). The van der Waals surface area contributed by atoms with E-state index in [1.54, 1.807) is 0 Å². The summed E-state index contributed by atoms with van der Waals surface area (Å²) in [5.41, 5.74) is 9.29. The predicted molar refractivity (Wildman–Crippen MR) is 147 cm³/mol. The van der Waals surface area contributed by atoms with Gasteiger partial charge in [-0.15, -0.1) is 0 Å². The topological polar surface area (TPSA) is 38.9 Å². The third-order valence-electron chi connectivity index (χ3n) is 7.14. The van der Waals surface area contributed by atoms with Crippen molar-refractivity contribution in [3.8, 4) is 44.9 Å². The van der Waals surface area contributed by atoms with E-state index in [2.05, 4.69) is 60.7 Å². The molecule has 3 nitrogen and oxygen atoms in total. The highest BCUT2D eigenvalue weighted by atomic mass is 35.5. The van der Waals surface area contributed by atoms with Crippen LogP contribution in [0.4, 0.5) is 0 Å². The molecule has 0 amide bonds. The van der Waals surface area contributed by atoms with Gasteiger partial charge in [0.2, 0.25) is 5.71 Å². The third kappa shape index (κ3) is 2.69. The minimum Gasteiger partial charge on any atom is -0.438 e. The zero-order chi connectivity index (χ0) is 23.8. The summed E-state index contributed by atoms with van der Waals surface area (Å²) in [5, 5.41) is 5.06. The monoisotopic (exact) mass is 480 g/mol. The van der Waals surface area contributed by atoms with Gasteiger partial charge in [-0.05, 0) is 63.4 Å². The lowest BCUT2D eigenvalue weighted by molar-refractivity contribution is 0.653. The first kappa shape index (κ1) is 19.8. The number of benzene rings is 5. The molecular formula is C32H17ClN2O. The smallest absolute Gasteiger partial charge is 0.231 e. The number of para-hydroxylation sites is 1. The maximum Gasteiger partial charge on any atom is 0.231 e. The normalized spacial score (nSPS) is 12.0. The summed E-state index contributed by atoms with van der Waals surface area (Å²) in [7, 11) is 0. The molecule has 1 aliphatic carbocycles. The Balaban J connectivity index is 1.49. The number of hydrogen-bond donors (Lipinski definition) is 0. The Bertz CT molecular complexity index is 1970. The molecule has 0 N–H and O–H groups in total. The first-order chi connectivity index (χ1) is 17.8. The van der Waals surface area contributed by atoms with Crippen LogP contribution in [-0.2, 0) is 0 Å². The number of halogens is 1. The third-order valence-corrected chi connectivity index (χ3v) is 7.40. The average Bonchev–Trinajstić information content (AvgIpc) is 3.46. The summed E-state index contributed by atoms with van der Waals surface area (Å²) in [4.78, 5) is 10.00. The fourth-order valence-electron chi connectivity index (χ4n) is 5.56. The van der Waals surface area contributed by atoms with Crippen LogP contribution in [0.15, 0.2) is 108 Å². The Morgan fingerprint density at radius 2 is 1.19 bits per heavy atom. The zero-order valence-electron chi connectivity index (χ0n) is 19.0. The van der Waals surface area contributed by atoms with Crippen molar-refractivity contribution in [2.45, 2.75) is 0 Å². The molecule has 0 spiro atoms. The van der Waals surface area contributed by atoms with Crippen molar-refractivity contribution >= 4 is 44.4 Å². The number of nitrogens with zero attached hydrogens (tertiary/aromatic N) is 2. The van der Waals surface area contributed by atoms with E-state index in [-0.39, 0.29) is 0 Å². The van der Waals surface area contributed by atoms with Crippen LogP contribution in [0, 0.1) is 0 Å². The van der Waals surface area contributed by atoms with E-state index >= 15 is 0 Å². The molecule has 0 saturated heterocycles. The molecule has 1 aliphatic rings. The van der Waals surface area contributed by atoms with Gasteiger partial charge >= 0.3 is 0 Å². The van der Waals surface area contributed by atoms with Gasteiger partial charge in [0.1, 0.15) is 5.58 Å². The van der Waals surface area contributed by atoms with Gasteiger partial charge < -0.3 is 4.42 Å². The van der Waals surface area contributed by atoms with Crippen molar-refractivity contribution in [2.24, 2.45) is 0 Å². The first-order valence-corrected chi connectivity index (χ1v) is 12.3. The van der Waals surface area contributed by atoms with Crippen LogP contribution in [0.1, 0.15) is 0 Å². The minimum atomic E-state index is 0.581. The molecule has 2 aromatic heterocycles. The predicted octanol–water partition coefficient (Wildman–Crippen LogP) is 9.16. The highest BCUT2D eigenvalue weighted by Gasteiger charge is 2.25. The Morgan fingerprint density at radius 3 is 2.03 bits per heavy atom. The molecule has 0 atom stereocenters. The standard InChI is InChI=1S/C32H17ClN2O/c33-19-14-12-18(13-15-19)31-34-30(29-26-8-3-4-11-27(26)36-32(29)35-31)25-17-16-24-21-7-2-1-6-20(21)22-9-5-10-23(25)28(22)24/h1-17H. The van der Waals surface area contributed by atoms with E-state index < -0.39 is 0 Å². The lowest BCUT2D eigenvalue weighted by atomic mass is 9.95. The molecule has 4 heteroatoms. The average molecular weight is 481 g/mol. The minimum absolute atomic E-state index is 0.581.